The molecule has 3 aromatic rings. The van der Waals surface area contributed by atoms with E-state index in [1.54, 1.807) is 9.80 Å². The van der Waals surface area contributed by atoms with E-state index >= 15 is 0 Å². The van der Waals surface area contributed by atoms with Crippen molar-refractivity contribution in [1.29, 1.82) is 0 Å². The van der Waals surface area contributed by atoms with Crippen LogP contribution < -0.4 is 25.3 Å². The predicted molar refractivity (Wildman–Crippen MR) is 202 cm³/mol. The van der Waals surface area contributed by atoms with E-state index < -0.39 is 5.60 Å². The number of amides is 4. The monoisotopic (exact) mass is 709 g/mol. The molecule has 0 unspecified atom stereocenters. The Morgan fingerprint density at radius 2 is 1.62 bits per heavy atom. The summed E-state index contributed by atoms with van der Waals surface area (Å²) in [6.07, 6.45) is 4.95. The van der Waals surface area contributed by atoms with E-state index in [0.29, 0.717) is 44.3 Å². The molecule has 3 saturated heterocycles. The maximum absolute atomic E-state index is 12.6. The smallest absolute Gasteiger partial charge is 0.410 e. The van der Waals surface area contributed by atoms with E-state index in [-0.39, 0.29) is 18.0 Å². The summed E-state index contributed by atoms with van der Waals surface area (Å²) in [6, 6.07) is 14.4. The topological polar surface area (TPSA) is 126 Å². The third-order valence-electron chi connectivity index (χ3n) is 10.5. The number of piperidine rings is 1. The van der Waals surface area contributed by atoms with Crippen molar-refractivity contribution in [1.82, 2.24) is 25.1 Å². The van der Waals surface area contributed by atoms with Crippen LogP contribution in [0.3, 0.4) is 0 Å². The molecule has 0 radical (unpaired) electrons. The van der Waals surface area contributed by atoms with Gasteiger partial charge in [0.05, 0.1) is 12.2 Å². The Kier molecular flexibility index (Phi) is 10.2. The summed E-state index contributed by atoms with van der Waals surface area (Å²) >= 11 is 0. The molecular formula is C39H51N9O4. The molecule has 2 N–H and O–H groups in total. The van der Waals surface area contributed by atoms with Crippen LogP contribution in [0.4, 0.5) is 38.3 Å². The fourth-order valence-corrected chi connectivity index (χ4v) is 7.59. The number of carbonyl (C=O) groups is 3. The summed E-state index contributed by atoms with van der Waals surface area (Å²) in [5.74, 6) is 1.00. The third kappa shape index (κ3) is 8.41. The van der Waals surface area contributed by atoms with Crippen molar-refractivity contribution in [3.63, 3.8) is 0 Å². The number of anilines is 5. The van der Waals surface area contributed by atoms with Gasteiger partial charge in [0.2, 0.25) is 11.9 Å². The number of carbonyl (C=O) groups excluding carboxylic acids is 3. The lowest BCUT2D eigenvalue weighted by atomic mass is 9.95. The molecule has 0 saturated carbocycles. The first-order valence-corrected chi connectivity index (χ1v) is 18.6. The minimum atomic E-state index is -0.534. The standard InChI is InChI=1S/C39H51N9O4/c1-27-23-32(9-10-34(27)48-18-14-35(49)43-37(48)50)46-21-19-44(20-22-46)25-28-11-15-45(16-12-28)31-7-5-30(6-8-31)41-36-40-24-29-13-17-47(26-33(29)42-36)38(51)52-39(2,3)4/h5-10,23-24,28H,11-22,25-26H2,1-4H3,(H,40,41,42)(H,43,49,50). The van der Waals surface area contributed by atoms with Crippen LogP contribution in [0, 0.1) is 12.8 Å². The molecular weight excluding hydrogens is 658 g/mol. The second-order valence-corrected chi connectivity index (χ2v) is 15.4. The number of ether oxygens (including phenoxy) is 1. The van der Waals surface area contributed by atoms with E-state index in [1.807, 2.05) is 40.0 Å². The van der Waals surface area contributed by atoms with Crippen LogP contribution in [0.5, 0.6) is 0 Å². The second-order valence-electron chi connectivity index (χ2n) is 15.4. The number of hydrogen-bond acceptors (Lipinski definition) is 10. The number of nitrogens with one attached hydrogen (secondary N) is 2. The highest BCUT2D eigenvalue weighted by atomic mass is 16.6. The van der Waals surface area contributed by atoms with E-state index in [9.17, 15) is 14.4 Å². The van der Waals surface area contributed by atoms with Crippen LogP contribution in [-0.2, 0) is 22.5 Å². The van der Waals surface area contributed by atoms with E-state index in [1.165, 1.54) is 24.2 Å². The van der Waals surface area contributed by atoms with Crippen LogP contribution in [0.25, 0.3) is 0 Å². The number of nitrogens with zero attached hydrogens (tertiary/aromatic N) is 7. The van der Waals surface area contributed by atoms with Gasteiger partial charge >= 0.3 is 12.1 Å². The molecule has 0 atom stereocenters. The molecule has 0 bridgehead atoms. The minimum absolute atomic E-state index is 0.214. The molecule has 1 aromatic heterocycles. The zero-order chi connectivity index (χ0) is 36.4. The molecule has 4 aliphatic rings. The molecule has 13 heteroatoms. The third-order valence-corrected chi connectivity index (χ3v) is 10.5. The summed E-state index contributed by atoms with van der Waals surface area (Å²) < 4.78 is 5.57. The fourth-order valence-electron chi connectivity index (χ4n) is 7.59. The number of piperazine rings is 1. The molecule has 2 aromatic carbocycles. The maximum Gasteiger partial charge on any atom is 0.410 e. The number of fused-ring (bicyclic) bond motifs is 1. The maximum atomic E-state index is 12.6. The largest absolute Gasteiger partial charge is 0.444 e. The number of rotatable bonds is 7. The van der Waals surface area contributed by atoms with E-state index in [2.05, 4.69) is 66.7 Å². The molecule has 276 valence electrons. The SMILES string of the molecule is Cc1cc(N2CCN(CC3CCN(c4ccc(Nc5ncc6c(n5)CN(C(=O)OC(C)(C)C)CC6)cc4)CC3)CC2)ccc1N1CCC(=O)NC1=O. The highest BCUT2D eigenvalue weighted by molar-refractivity contribution is 6.06. The molecule has 52 heavy (non-hydrogen) atoms. The quantitative estimate of drug-likeness (QED) is 0.334. The van der Waals surface area contributed by atoms with Gasteiger partial charge < -0.3 is 24.8 Å². The van der Waals surface area contributed by atoms with Gasteiger partial charge in [0.1, 0.15) is 5.60 Å². The normalized spacial score (nSPS) is 19.0. The summed E-state index contributed by atoms with van der Waals surface area (Å²) in [7, 11) is 0. The second kappa shape index (κ2) is 15.0. The molecule has 5 heterocycles. The van der Waals surface area contributed by atoms with Crippen molar-refractivity contribution in [2.24, 2.45) is 5.92 Å². The predicted octanol–water partition coefficient (Wildman–Crippen LogP) is 5.31. The zero-order valence-corrected chi connectivity index (χ0v) is 30.9. The van der Waals surface area contributed by atoms with Crippen molar-refractivity contribution < 1.29 is 19.1 Å². The van der Waals surface area contributed by atoms with Crippen LogP contribution in [-0.4, -0.2) is 102 Å². The number of imide groups is 1. The molecule has 13 nitrogen and oxygen atoms in total. The summed E-state index contributed by atoms with van der Waals surface area (Å²) in [5.41, 5.74) is 6.63. The van der Waals surface area contributed by atoms with Crippen molar-refractivity contribution >= 4 is 46.7 Å². The Hall–Kier alpha value is -4.91. The van der Waals surface area contributed by atoms with E-state index in [4.69, 9.17) is 9.72 Å². The van der Waals surface area contributed by atoms with Gasteiger partial charge in [-0.2, -0.15) is 0 Å². The van der Waals surface area contributed by atoms with Crippen LogP contribution in [0.15, 0.2) is 48.7 Å². The Balaban J connectivity index is 0.850. The highest BCUT2D eigenvalue weighted by Crippen LogP contribution is 2.30. The number of aryl methyl sites for hydroxylation is 1. The molecule has 4 aliphatic heterocycles. The summed E-state index contributed by atoms with van der Waals surface area (Å²) in [4.78, 5) is 56.7. The molecule has 7 rings (SSSR count). The van der Waals surface area contributed by atoms with Gasteiger partial charge in [0.25, 0.3) is 0 Å². The van der Waals surface area contributed by atoms with Gasteiger partial charge in [-0.15, -0.1) is 0 Å². The van der Waals surface area contributed by atoms with Crippen LogP contribution in [0.1, 0.15) is 56.9 Å². The highest BCUT2D eigenvalue weighted by Gasteiger charge is 2.29. The lowest BCUT2D eigenvalue weighted by molar-refractivity contribution is -0.120. The summed E-state index contributed by atoms with van der Waals surface area (Å²) in [5, 5.41) is 5.76. The first-order chi connectivity index (χ1) is 25.0. The van der Waals surface area contributed by atoms with Gasteiger partial charge in [0.15, 0.2) is 0 Å². The molecule has 0 aliphatic carbocycles. The number of benzene rings is 2. The number of hydrogen-bond donors (Lipinski definition) is 2. The minimum Gasteiger partial charge on any atom is -0.444 e. The van der Waals surface area contributed by atoms with Crippen LogP contribution >= 0.6 is 0 Å². The lowest BCUT2D eigenvalue weighted by Gasteiger charge is -2.40. The van der Waals surface area contributed by atoms with Crippen molar-refractivity contribution in [3.05, 3.63) is 65.5 Å². The number of aromatic nitrogens is 2. The van der Waals surface area contributed by atoms with Gasteiger partial charge in [-0.1, -0.05) is 0 Å². The lowest BCUT2D eigenvalue weighted by Crippen LogP contribution is -2.50. The Morgan fingerprint density at radius 3 is 2.31 bits per heavy atom. The first-order valence-electron chi connectivity index (χ1n) is 18.6. The molecule has 4 amide bonds. The summed E-state index contributed by atoms with van der Waals surface area (Å²) in [6.45, 7) is 16.4. The number of urea groups is 1. The van der Waals surface area contributed by atoms with Crippen molar-refractivity contribution in [3.8, 4) is 0 Å². The van der Waals surface area contributed by atoms with Crippen molar-refractivity contribution in [2.75, 3.05) is 78.9 Å². The first kappa shape index (κ1) is 35.5. The Bertz CT molecular complexity index is 1780. The van der Waals surface area contributed by atoms with Gasteiger partial charge in [-0.05, 0) is 106 Å². The van der Waals surface area contributed by atoms with Crippen LogP contribution in [0.2, 0.25) is 0 Å². The van der Waals surface area contributed by atoms with E-state index in [0.717, 1.165) is 74.0 Å². The van der Waals surface area contributed by atoms with Crippen molar-refractivity contribution in [2.45, 2.75) is 65.5 Å². The van der Waals surface area contributed by atoms with Gasteiger partial charge in [0, 0.05) is 94.3 Å². The Labute approximate surface area is 306 Å². The molecule has 0 spiro atoms. The molecule has 3 fully saturated rings. The van der Waals surface area contributed by atoms with Gasteiger partial charge in [-0.25, -0.2) is 19.6 Å². The Morgan fingerprint density at radius 1 is 0.904 bits per heavy atom. The van der Waals surface area contributed by atoms with Gasteiger partial charge in [-0.3, -0.25) is 19.9 Å². The average Bonchev–Trinajstić information content (AvgIpc) is 3.12. The fraction of sp³-hybridized carbons (Fsp3) is 0.513. The zero-order valence-electron chi connectivity index (χ0n) is 30.9. The average molecular weight is 710 g/mol.